The van der Waals surface area contributed by atoms with Crippen molar-refractivity contribution in [2.45, 2.75) is 5.75 Å². The van der Waals surface area contributed by atoms with Gasteiger partial charge >= 0.3 is 0 Å². The lowest BCUT2D eigenvalue weighted by molar-refractivity contribution is -0.119. The summed E-state index contributed by atoms with van der Waals surface area (Å²) < 4.78 is 0. The van der Waals surface area contributed by atoms with Gasteiger partial charge in [-0.3, -0.25) is 25.4 Å². The van der Waals surface area contributed by atoms with Gasteiger partial charge in [0.1, 0.15) is 5.69 Å². The van der Waals surface area contributed by atoms with Crippen molar-refractivity contribution in [3.63, 3.8) is 0 Å². The van der Waals surface area contributed by atoms with E-state index < -0.39 is 5.91 Å². The summed E-state index contributed by atoms with van der Waals surface area (Å²) in [7, 11) is 0. The van der Waals surface area contributed by atoms with Crippen LogP contribution in [0, 0.1) is 0 Å². The number of nitrogens with one attached hydrogen (secondary N) is 2. The van der Waals surface area contributed by atoms with Crippen LogP contribution in [-0.2, 0) is 10.5 Å². The fraction of sp³-hybridized carbons (Fsp3) is 0.154. The van der Waals surface area contributed by atoms with Crippen LogP contribution in [0.5, 0.6) is 0 Å². The summed E-state index contributed by atoms with van der Waals surface area (Å²) in [5.74, 6) is 0.415. The minimum absolute atomic E-state index is 0.240. The maximum absolute atomic E-state index is 11.6. The van der Waals surface area contributed by atoms with E-state index in [0.717, 1.165) is 5.75 Å². The maximum atomic E-state index is 11.6. The zero-order valence-corrected chi connectivity index (χ0v) is 12.2. The highest BCUT2D eigenvalue weighted by Crippen LogP contribution is 2.16. The molecule has 0 aliphatic heterocycles. The number of pyridine rings is 1. The number of hydrazine groups is 1. The lowest BCUT2D eigenvalue weighted by atomic mass is 10.3. The number of thioether (sulfide) groups is 1. The van der Waals surface area contributed by atoms with Crippen molar-refractivity contribution in [2.24, 2.45) is 0 Å². The number of carbonyl (C=O) groups is 2. The van der Waals surface area contributed by atoms with Gasteiger partial charge in [0, 0.05) is 16.8 Å². The molecule has 20 heavy (non-hydrogen) atoms. The van der Waals surface area contributed by atoms with Gasteiger partial charge in [-0.1, -0.05) is 12.1 Å². The predicted octanol–water partition coefficient (Wildman–Crippen LogP) is 1.84. The van der Waals surface area contributed by atoms with Crippen molar-refractivity contribution in [3.05, 3.63) is 52.5 Å². The van der Waals surface area contributed by atoms with Crippen molar-refractivity contribution in [2.75, 3.05) is 5.75 Å². The molecule has 2 aromatic heterocycles. The molecule has 0 fully saturated rings. The number of hydrogen-bond acceptors (Lipinski definition) is 5. The van der Waals surface area contributed by atoms with E-state index in [-0.39, 0.29) is 11.6 Å². The largest absolute Gasteiger partial charge is 0.288 e. The average Bonchev–Trinajstić information content (AvgIpc) is 2.99. The van der Waals surface area contributed by atoms with Crippen LogP contribution in [0.2, 0.25) is 0 Å². The van der Waals surface area contributed by atoms with Gasteiger partial charge in [-0.05, 0) is 23.6 Å². The van der Waals surface area contributed by atoms with Gasteiger partial charge in [0.05, 0.1) is 5.75 Å². The van der Waals surface area contributed by atoms with E-state index in [1.54, 1.807) is 29.5 Å². The van der Waals surface area contributed by atoms with E-state index in [0.29, 0.717) is 5.75 Å². The molecule has 2 N–H and O–H groups in total. The molecule has 104 valence electrons. The third kappa shape index (κ3) is 4.67. The molecule has 2 rings (SSSR count). The molecule has 0 spiro atoms. The van der Waals surface area contributed by atoms with Crippen LogP contribution in [0.15, 0.2) is 41.9 Å². The molecule has 0 atom stereocenters. The van der Waals surface area contributed by atoms with Gasteiger partial charge < -0.3 is 0 Å². The Labute approximate surface area is 124 Å². The lowest BCUT2D eigenvalue weighted by Crippen LogP contribution is -2.42. The number of hydrogen-bond donors (Lipinski definition) is 2. The molecule has 0 saturated heterocycles. The quantitative estimate of drug-likeness (QED) is 0.827. The molecule has 2 heterocycles. The summed E-state index contributed by atoms with van der Waals surface area (Å²) in [6.45, 7) is 0. The molecule has 2 aromatic rings. The molecule has 2 amide bonds. The number of thiophene rings is 1. The lowest BCUT2D eigenvalue weighted by Gasteiger charge is -2.06. The Kier molecular flexibility index (Phi) is 5.57. The van der Waals surface area contributed by atoms with Crippen LogP contribution in [0.25, 0.3) is 0 Å². The van der Waals surface area contributed by atoms with Gasteiger partial charge in [0.25, 0.3) is 5.91 Å². The first-order valence-electron chi connectivity index (χ1n) is 5.86. The van der Waals surface area contributed by atoms with Gasteiger partial charge in [-0.25, -0.2) is 0 Å². The van der Waals surface area contributed by atoms with Gasteiger partial charge in [0.15, 0.2) is 0 Å². The normalized spacial score (nSPS) is 10.0. The highest BCUT2D eigenvalue weighted by molar-refractivity contribution is 7.99. The van der Waals surface area contributed by atoms with Gasteiger partial charge in [-0.15, -0.1) is 23.1 Å². The van der Waals surface area contributed by atoms with Crippen LogP contribution in [0.3, 0.4) is 0 Å². The van der Waals surface area contributed by atoms with Gasteiger partial charge in [0.2, 0.25) is 5.91 Å². The monoisotopic (exact) mass is 307 g/mol. The van der Waals surface area contributed by atoms with Crippen molar-refractivity contribution >= 4 is 34.9 Å². The molecule has 7 heteroatoms. The van der Waals surface area contributed by atoms with E-state index in [2.05, 4.69) is 15.8 Å². The Morgan fingerprint density at radius 1 is 1.20 bits per heavy atom. The molecule has 0 bridgehead atoms. The summed E-state index contributed by atoms with van der Waals surface area (Å²) in [6.07, 6.45) is 1.52. The Balaban J connectivity index is 1.66. The molecule has 0 aliphatic rings. The topological polar surface area (TPSA) is 71.1 Å². The van der Waals surface area contributed by atoms with Crippen molar-refractivity contribution in [1.82, 2.24) is 15.8 Å². The minimum atomic E-state index is -0.429. The fourth-order valence-corrected chi connectivity index (χ4v) is 3.03. The first-order chi connectivity index (χ1) is 9.75. The Bertz CT molecular complexity index is 558. The average molecular weight is 307 g/mol. The van der Waals surface area contributed by atoms with E-state index in [1.807, 2.05) is 17.5 Å². The first-order valence-corrected chi connectivity index (χ1v) is 7.89. The molecule has 0 aliphatic carbocycles. The summed E-state index contributed by atoms with van der Waals surface area (Å²) in [5.41, 5.74) is 4.96. The second-order valence-corrected chi connectivity index (χ2v) is 5.81. The third-order valence-electron chi connectivity index (χ3n) is 2.27. The zero-order chi connectivity index (χ0) is 14.2. The number of amides is 2. The second-order valence-electron chi connectivity index (χ2n) is 3.79. The molecule has 0 unspecified atom stereocenters. The van der Waals surface area contributed by atoms with Crippen LogP contribution in [0.1, 0.15) is 15.4 Å². The summed E-state index contributed by atoms with van der Waals surface area (Å²) in [5, 5.41) is 2.00. The summed E-state index contributed by atoms with van der Waals surface area (Å²) in [4.78, 5) is 28.3. The minimum Gasteiger partial charge on any atom is -0.272 e. The Hall–Kier alpha value is -1.86. The van der Waals surface area contributed by atoms with E-state index >= 15 is 0 Å². The van der Waals surface area contributed by atoms with Crippen LogP contribution < -0.4 is 10.9 Å². The molecular weight excluding hydrogens is 294 g/mol. The van der Waals surface area contributed by atoms with Crippen molar-refractivity contribution in [3.8, 4) is 0 Å². The van der Waals surface area contributed by atoms with Crippen LogP contribution >= 0.6 is 23.1 Å². The molecular formula is C13H13N3O2S2. The molecule has 0 radical (unpaired) electrons. The standard InChI is InChI=1S/C13H13N3O2S2/c17-12(9-19-8-10-4-3-7-20-10)15-16-13(18)11-5-1-2-6-14-11/h1-7H,8-9H2,(H,15,17)(H,16,18). The molecule has 0 aromatic carbocycles. The Morgan fingerprint density at radius 2 is 2.10 bits per heavy atom. The summed E-state index contributed by atoms with van der Waals surface area (Å²) >= 11 is 3.16. The van der Waals surface area contributed by atoms with Crippen LogP contribution in [0.4, 0.5) is 0 Å². The first kappa shape index (κ1) is 14.5. The van der Waals surface area contributed by atoms with Gasteiger partial charge in [-0.2, -0.15) is 0 Å². The van der Waals surface area contributed by atoms with E-state index in [4.69, 9.17) is 0 Å². The van der Waals surface area contributed by atoms with E-state index in [1.165, 1.54) is 22.8 Å². The maximum Gasteiger partial charge on any atom is 0.288 e. The molecule has 0 saturated carbocycles. The SMILES string of the molecule is O=C(CSCc1cccs1)NNC(=O)c1ccccn1. The number of rotatable bonds is 5. The van der Waals surface area contributed by atoms with Crippen molar-refractivity contribution in [1.29, 1.82) is 0 Å². The van der Waals surface area contributed by atoms with Crippen LogP contribution in [-0.4, -0.2) is 22.6 Å². The third-order valence-corrected chi connectivity index (χ3v) is 4.31. The summed E-state index contributed by atoms with van der Waals surface area (Å²) in [6, 6.07) is 9.01. The highest BCUT2D eigenvalue weighted by atomic mass is 32.2. The fourth-order valence-electron chi connectivity index (χ4n) is 1.36. The smallest absolute Gasteiger partial charge is 0.272 e. The second kappa shape index (κ2) is 7.66. The van der Waals surface area contributed by atoms with E-state index in [9.17, 15) is 9.59 Å². The Morgan fingerprint density at radius 3 is 2.80 bits per heavy atom. The number of nitrogens with zero attached hydrogens (tertiary/aromatic N) is 1. The zero-order valence-electron chi connectivity index (χ0n) is 10.5. The predicted molar refractivity (Wildman–Crippen MR) is 80.3 cm³/mol. The molecule has 5 nitrogen and oxygen atoms in total. The number of aromatic nitrogens is 1. The van der Waals surface area contributed by atoms with Crippen molar-refractivity contribution < 1.29 is 9.59 Å². The number of carbonyl (C=O) groups excluding carboxylic acids is 2. The highest BCUT2D eigenvalue weighted by Gasteiger charge is 2.07.